The molecule has 1 heterocycles. The number of nitrogens with zero attached hydrogens (tertiary/aromatic N) is 2. The van der Waals surface area contributed by atoms with E-state index in [0.717, 1.165) is 0 Å². The van der Waals surface area contributed by atoms with E-state index in [1.807, 2.05) is 0 Å². The number of hydrogen-bond donors (Lipinski definition) is 2. The van der Waals surface area contributed by atoms with E-state index < -0.39 is 6.09 Å². The van der Waals surface area contributed by atoms with Gasteiger partial charge >= 0.3 is 6.09 Å². The smallest absolute Gasteiger partial charge is 0.411 e. The molecule has 0 aliphatic rings. The summed E-state index contributed by atoms with van der Waals surface area (Å²) >= 11 is 0. The lowest BCUT2D eigenvalue weighted by Crippen LogP contribution is -2.16. The maximum absolute atomic E-state index is 11.4. The normalized spacial score (nSPS) is 10.2. The molecule has 2 N–H and O–H groups in total. The largest absolute Gasteiger partial charge is 0.447 e. The van der Waals surface area contributed by atoms with E-state index in [1.54, 1.807) is 31.2 Å². The number of carbonyl (C=O) groups is 1. The fraction of sp³-hybridized carbons (Fsp3) is 0.250. The van der Waals surface area contributed by atoms with Gasteiger partial charge in [0.15, 0.2) is 5.82 Å². The molecular formula is C12H13N3O4. The molecule has 0 unspecified atom stereocenters. The van der Waals surface area contributed by atoms with E-state index in [1.165, 1.54) is 0 Å². The highest BCUT2D eigenvalue weighted by molar-refractivity contribution is 5.90. The third-order valence-electron chi connectivity index (χ3n) is 2.25. The molecule has 0 spiro atoms. The number of aryl methyl sites for hydroxylation is 1. The number of aliphatic hydroxyl groups excluding tert-OH is 1. The van der Waals surface area contributed by atoms with Crippen LogP contribution in [0.25, 0.3) is 11.5 Å². The summed E-state index contributed by atoms with van der Waals surface area (Å²) in [5, 5.41) is 14.8. The number of hydrogen-bond acceptors (Lipinski definition) is 6. The van der Waals surface area contributed by atoms with Crippen molar-refractivity contribution in [3.8, 4) is 11.5 Å². The number of rotatable bonds is 4. The summed E-state index contributed by atoms with van der Waals surface area (Å²) in [5.74, 6) is 0.822. The van der Waals surface area contributed by atoms with Gasteiger partial charge in [0.1, 0.15) is 6.61 Å². The number of para-hydroxylation sites is 1. The Morgan fingerprint density at radius 3 is 2.95 bits per heavy atom. The van der Waals surface area contributed by atoms with Crippen molar-refractivity contribution >= 4 is 11.8 Å². The van der Waals surface area contributed by atoms with Crippen LogP contribution < -0.4 is 5.32 Å². The van der Waals surface area contributed by atoms with Gasteiger partial charge in [0.2, 0.25) is 0 Å². The standard InChI is InChI=1S/C12H13N3O4/c1-8-13-11(19-15-8)9-4-2-3-5-10(9)14-12(17)18-7-6-16/h2-5,16H,6-7H2,1H3,(H,14,17). The van der Waals surface area contributed by atoms with Crippen molar-refractivity contribution in [1.29, 1.82) is 0 Å². The van der Waals surface area contributed by atoms with Crippen LogP contribution in [0.3, 0.4) is 0 Å². The molecule has 0 bridgehead atoms. The van der Waals surface area contributed by atoms with Gasteiger partial charge in [-0.05, 0) is 19.1 Å². The number of aliphatic hydroxyl groups is 1. The van der Waals surface area contributed by atoms with Gasteiger partial charge in [-0.15, -0.1) is 0 Å². The highest BCUT2D eigenvalue weighted by Gasteiger charge is 2.13. The second-order valence-electron chi connectivity index (χ2n) is 3.68. The van der Waals surface area contributed by atoms with Crippen molar-refractivity contribution in [3.05, 3.63) is 30.1 Å². The third kappa shape index (κ3) is 3.29. The van der Waals surface area contributed by atoms with Crippen LogP contribution in [0.2, 0.25) is 0 Å². The zero-order valence-electron chi connectivity index (χ0n) is 10.3. The van der Waals surface area contributed by atoms with Gasteiger partial charge in [0.05, 0.1) is 17.9 Å². The van der Waals surface area contributed by atoms with Crippen molar-refractivity contribution in [3.63, 3.8) is 0 Å². The van der Waals surface area contributed by atoms with Crippen LogP contribution in [0.4, 0.5) is 10.5 Å². The average molecular weight is 263 g/mol. The van der Waals surface area contributed by atoms with Crippen molar-refractivity contribution in [2.75, 3.05) is 18.5 Å². The molecule has 2 rings (SSSR count). The molecule has 7 heteroatoms. The van der Waals surface area contributed by atoms with Crippen LogP contribution in [0, 0.1) is 6.92 Å². The number of carbonyl (C=O) groups excluding carboxylic acids is 1. The molecule has 7 nitrogen and oxygen atoms in total. The Kier molecular flexibility index (Phi) is 4.09. The van der Waals surface area contributed by atoms with E-state index >= 15 is 0 Å². The summed E-state index contributed by atoms with van der Waals surface area (Å²) < 4.78 is 9.78. The van der Waals surface area contributed by atoms with Crippen LogP contribution in [-0.2, 0) is 4.74 Å². The van der Waals surface area contributed by atoms with Gasteiger partial charge in [-0.2, -0.15) is 4.98 Å². The molecular weight excluding hydrogens is 250 g/mol. The Morgan fingerprint density at radius 2 is 2.26 bits per heavy atom. The van der Waals surface area contributed by atoms with Gasteiger partial charge in [0.25, 0.3) is 5.89 Å². The van der Waals surface area contributed by atoms with Crippen LogP contribution >= 0.6 is 0 Å². The fourth-order valence-corrected chi connectivity index (χ4v) is 1.47. The molecule has 1 aromatic carbocycles. The average Bonchev–Trinajstić information content (AvgIpc) is 2.83. The van der Waals surface area contributed by atoms with Crippen LogP contribution in [0.5, 0.6) is 0 Å². The summed E-state index contributed by atoms with van der Waals surface area (Å²) in [6, 6.07) is 6.98. The Morgan fingerprint density at radius 1 is 1.47 bits per heavy atom. The van der Waals surface area contributed by atoms with Crippen LogP contribution in [0.15, 0.2) is 28.8 Å². The van der Waals surface area contributed by atoms with Gasteiger partial charge in [-0.25, -0.2) is 4.79 Å². The number of nitrogens with one attached hydrogen (secondary N) is 1. The minimum atomic E-state index is -0.655. The summed E-state index contributed by atoms with van der Waals surface area (Å²) in [6.45, 7) is 1.42. The molecule has 1 amide bonds. The molecule has 1 aromatic heterocycles. The van der Waals surface area contributed by atoms with Crippen LogP contribution in [0.1, 0.15) is 5.82 Å². The lowest BCUT2D eigenvalue weighted by atomic mass is 10.2. The molecule has 2 aromatic rings. The predicted molar refractivity (Wildman–Crippen MR) is 66.5 cm³/mol. The zero-order chi connectivity index (χ0) is 13.7. The first kappa shape index (κ1) is 13.0. The molecule has 0 aliphatic heterocycles. The Bertz CT molecular complexity index is 568. The quantitative estimate of drug-likeness (QED) is 0.869. The Balaban J connectivity index is 2.19. The van der Waals surface area contributed by atoms with E-state index in [0.29, 0.717) is 23.0 Å². The summed E-state index contributed by atoms with van der Waals surface area (Å²) in [5.41, 5.74) is 1.10. The molecule has 0 saturated heterocycles. The SMILES string of the molecule is Cc1noc(-c2ccccc2NC(=O)OCCO)n1. The predicted octanol–water partition coefficient (Wildman–Crippen LogP) is 1.59. The topological polar surface area (TPSA) is 97.5 Å². The van der Waals surface area contributed by atoms with Crippen molar-refractivity contribution in [2.45, 2.75) is 6.92 Å². The molecule has 0 atom stereocenters. The second-order valence-corrected chi connectivity index (χ2v) is 3.68. The van der Waals surface area contributed by atoms with E-state index in [-0.39, 0.29) is 13.2 Å². The Labute approximate surface area is 109 Å². The van der Waals surface area contributed by atoms with Gasteiger partial charge in [-0.3, -0.25) is 5.32 Å². The molecule has 0 radical (unpaired) electrons. The van der Waals surface area contributed by atoms with E-state index in [2.05, 4.69) is 15.5 Å². The number of anilines is 1. The number of aromatic nitrogens is 2. The highest BCUT2D eigenvalue weighted by Crippen LogP contribution is 2.26. The van der Waals surface area contributed by atoms with Gasteiger partial charge in [-0.1, -0.05) is 17.3 Å². The summed E-state index contributed by atoms with van der Waals surface area (Å²) in [7, 11) is 0. The Hall–Kier alpha value is -2.41. The van der Waals surface area contributed by atoms with Crippen molar-refractivity contribution < 1.29 is 19.2 Å². The molecule has 100 valence electrons. The minimum Gasteiger partial charge on any atom is -0.447 e. The first-order chi connectivity index (χ1) is 9.20. The van der Waals surface area contributed by atoms with Gasteiger partial charge in [0, 0.05) is 0 Å². The minimum absolute atomic E-state index is 0.0618. The maximum atomic E-state index is 11.4. The fourth-order valence-electron chi connectivity index (χ4n) is 1.47. The second kappa shape index (κ2) is 5.96. The molecule has 19 heavy (non-hydrogen) atoms. The third-order valence-corrected chi connectivity index (χ3v) is 2.25. The zero-order valence-corrected chi connectivity index (χ0v) is 10.3. The first-order valence-corrected chi connectivity index (χ1v) is 5.65. The molecule has 0 saturated carbocycles. The van der Waals surface area contributed by atoms with Gasteiger partial charge < -0.3 is 14.4 Å². The number of benzene rings is 1. The van der Waals surface area contributed by atoms with E-state index in [9.17, 15) is 4.79 Å². The van der Waals surface area contributed by atoms with Crippen molar-refractivity contribution in [2.24, 2.45) is 0 Å². The summed E-state index contributed by atoms with van der Waals surface area (Å²) in [6.07, 6.45) is -0.655. The highest BCUT2D eigenvalue weighted by atomic mass is 16.6. The number of amides is 1. The maximum Gasteiger partial charge on any atom is 0.411 e. The first-order valence-electron chi connectivity index (χ1n) is 5.65. The molecule has 0 fully saturated rings. The van der Waals surface area contributed by atoms with E-state index in [4.69, 9.17) is 14.4 Å². The van der Waals surface area contributed by atoms with Crippen LogP contribution in [-0.4, -0.2) is 34.6 Å². The lowest BCUT2D eigenvalue weighted by Gasteiger charge is -2.08. The number of ether oxygens (including phenoxy) is 1. The molecule has 0 aliphatic carbocycles. The lowest BCUT2D eigenvalue weighted by molar-refractivity contribution is 0.131. The monoisotopic (exact) mass is 263 g/mol. The van der Waals surface area contributed by atoms with Crippen molar-refractivity contribution in [1.82, 2.24) is 10.1 Å². The summed E-state index contributed by atoms with van der Waals surface area (Å²) in [4.78, 5) is 15.6.